The number of rotatable bonds is 6. The Morgan fingerprint density at radius 2 is 1.67 bits per heavy atom. The highest BCUT2D eigenvalue weighted by molar-refractivity contribution is 6.09. The number of amides is 2. The summed E-state index contributed by atoms with van der Waals surface area (Å²) >= 11 is 0. The zero-order chi connectivity index (χ0) is 30.0. The van der Waals surface area contributed by atoms with Gasteiger partial charge in [-0.25, -0.2) is 19.4 Å². The summed E-state index contributed by atoms with van der Waals surface area (Å²) in [5.74, 6) is 1.38. The van der Waals surface area contributed by atoms with Crippen molar-refractivity contribution < 1.29 is 9.53 Å². The van der Waals surface area contributed by atoms with Gasteiger partial charge in [0.1, 0.15) is 11.6 Å². The molecular weight excluding hydrogens is 538 g/mol. The largest absolute Gasteiger partial charge is 0.379 e. The average Bonchev–Trinajstić information content (AvgIpc) is 3.45. The molecule has 0 spiro atoms. The lowest BCUT2D eigenvalue weighted by Gasteiger charge is -2.25. The molecule has 0 atom stereocenters. The first-order valence-electron chi connectivity index (χ1n) is 14.6. The number of anilines is 2. The molecule has 2 amide bonds. The Bertz CT molecular complexity index is 1750. The van der Waals surface area contributed by atoms with E-state index in [4.69, 9.17) is 4.74 Å². The average molecular weight is 576 g/mol. The normalized spacial score (nSPS) is 14.1. The quantitative estimate of drug-likeness (QED) is 0.238. The van der Waals surface area contributed by atoms with Crippen LogP contribution in [0, 0.1) is 6.92 Å². The van der Waals surface area contributed by atoms with Gasteiger partial charge in [0.2, 0.25) is 0 Å². The van der Waals surface area contributed by atoms with Crippen LogP contribution >= 0.6 is 0 Å². The summed E-state index contributed by atoms with van der Waals surface area (Å²) in [5, 5.41) is 12.5. The van der Waals surface area contributed by atoms with Crippen LogP contribution in [-0.2, 0) is 16.7 Å². The lowest BCUT2D eigenvalue weighted by atomic mass is 9.86. The van der Waals surface area contributed by atoms with Gasteiger partial charge in [0.15, 0.2) is 0 Å². The number of aromatic nitrogens is 4. The molecule has 9 heteroatoms. The zero-order valence-corrected chi connectivity index (χ0v) is 25.1. The lowest BCUT2D eigenvalue weighted by Crippen LogP contribution is -2.36. The molecule has 0 unspecified atom stereocenters. The van der Waals surface area contributed by atoms with Crippen molar-refractivity contribution in [3.8, 4) is 16.8 Å². The van der Waals surface area contributed by atoms with Crippen LogP contribution in [0.2, 0.25) is 0 Å². The molecule has 1 aliphatic rings. The van der Waals surface area contributed by atoms with Gasteiger partial charge in [-0.15, -0.1) is 0 Å². The number of fused-ring (bicyclic) bond motifs is 1. The number of hydrogen-bond donors (Lipinski definition) is 2. The fraction of sp³-hybridized carbons (Fsp3) is 0.294. The standard InChI is InChI=1S/C34H37N7O2/c1-23-9-10-25(34(2,3)4)19-30(23)41-32(13-14-37-41)39-33(42)38-29-12-11-26(27-7-5-6-8-28(27)29)24-20-35-31(36-21-24)22-40-15-17-43-18-16-40/h5-14,19-21H,15-18,22H2,1-4H3,(H2,38,39,42). The second-order valence-corrected chi connectivity index (χ2v) is 11.9. The van der Waals surface area contributed by atoms with Crippen LogP contribution in [0.3, 0.4) is 0 Å². The van der Waals surface area contributed by atoms with Crippen LogP contribution in [-0.4, -0.2) is 57.0 Å². The number of hydrogen-bond acceptors (Lipinski definition) is 6. The summed E-state index contributed by atoms with van der Waals surface area (Å²) in [4.78, 5) is 24.9. The maximum Gasteiger partial charge on any atom is 0.324 e. The van der Waals surface area contributed by atoms with E-state index < -0.39 is 0 Å². The van der Waals surface area contributed by atoms with Gasteiger partial charge < -0.3 is 10.1 Å². The maximum absolute atomic E-state index is 13.3. The monoisotopic (exact) mass is 575 g/mol. The third kappa shape index (κ3) is 6.28. The summed E-state index contributed by atoms with van der Waals surface area (Å²) in [7, 11) is 0. The Balaban J connectivity index is 1.21. The number of carbonyl (C=O) groups excluding carboxylic acids is 1. The van der Waals surface area contributed by atoms with Crippen LogP contribution in [0.5, 0.6) is 0 Å². The molecule has 43 heavy (non-hydrogen) atoms. The molecule has 2 N–H and O–H groups in total. The van der Waals surface area contributed by atoms with E-state index in [1.807, 2.05) is 49.6 Å². The SMILES string of the molecule is Cc1ccc(C(C)(C)C)cc1-n1nccc1NC(=O)Nc1ccc(-c2cnc(CN3CCOCC3)nc2)c2ccccc12. The molecule has 0 bridgehead atoms. The molecule has 1 saturated heterocycles. The molecule has 6 rings (SSSR count). The van der Waals surface area contributed by atoms with Gasteiger partial charge in [0.25, 0.3) is 0 Å². The third-order valence-electron chi connectivity index (χ3n) is 7.85. The van der Waals surface area contributed by atoms with Gasteiger partial charge in [0, 0.05) is 42.5 Å². The van der Waals surface area contributed by atoms with Crippen molar-refractivity contribution in [3.05, 3.63) is 96.2 Å². The van der Waals surface area contributed by atoms with Gasteiger partial charge >= 0.3 is 6.03 Å². The number of morpholine rings is 1. The van der Waals surface area contributed by atoms with E-state index in [9.17, 15) is 4.79 Å². The van der Waals surface area contributed by atoms with E-state index in [2.05, 4.69) is 75.6 Å². The van der Waals surface area contributed by atoms with E-state index in [0.717, 1.165) is 65.3 Å². The van der Waals surface area contributed by atoms with E-state index in [-0.39, 0.29) is 11.4 Å². The van der Waals surface area contributed by atoms with Gasteiger partial charge in [0.05, 0.1) is 37.3 Å². The van der Waals surface area contributed by atoms with Crippen LogP contribution in [0.15, 0.2) is 79.3 Å². The molecule has 1 fully saturated rings. The van der Waals surface area contributed by atoms with E-state index >= 15 is 0 Å². The highest BCUT2D eigenvalue weighted by atomic mass is 16.5. The molecule has 0 radical (unpaired) electrons. The number of benzene rings is 3. The molecule has 2 aromatic heterocycles. The third-order valence-corrected chi connectivity index (χ3v) is 7.85. The molecule has 0 aliphatic carbocycles. The van der Waals surface area contributed by atoms with Crippen molar-refractivity contribution in [1.29, 1.82) is 0 Å². The van der Waals surface area contributed by atoms with Crippen LogP contribution < -0.4 is 10.6 Å². The van der Waals surface area contributed by atoms with Crippen molar-refractivity contribution in [1.82, 2.24) is 24.6 Å². The van der Waals surface area contributed by atoms with Gasteiger partial charge in [-0.05, 0) is 46.5 Å². The van der Waals surface area contributed by atoms with Gasteiger partial charge in [-0.1, -0.05) is 63.2 Å². The number of urea groups is 1. The number of ether oxygens (including phenoxy) is 1. The first-order chi connectivity index (χ1) is 20.8. The fourth-order valence-corrected chi connectivity index (χ4v) is 5.36. The minimum absolute atomic E-state index is 0.00906. The topological polar surface area (TPSA) is 97.2 Å². The van der Waals surface area contributed by atoms with E-state index in [1.165, 1.54) is 5.56 Å². The zero-order valence-electron chi connectivity index (χ0n) is 25.1. The minimum Gasteiger partial charge on any atom is -0.379 e. The first-order valence-corrected chi connectivity index (χ1v) is 14.6. The van der Waals surface area contributed by atoms with Crippen molar-refractivity contribution >= 4 is 28.3 Å². The Hall–Kier alpha value is -4.60. The van der Waals surface area contributed by atoms with Crippen molar-refractivity contribution in [2.75, 3.05) is 36.9 Å². The Labute approximate surface area is 251 Å². The molecule has 9 nitrogen and oxygen atoms in total. The summed E-state index contributed by atoms with van der Waals surface area (Å²) in [6.45, 7) is 12.6. The van der Waals surface area contributed by atoms with Crippen molar-refractivity contribution in [3.63, 3.8) is 0 Å². The fourth-order valence-electron chi connectivity index (χ4n) is 5.36. The molecule has 3 heterocycles. The van der Waals surface area contributed by atoms with Gasteiger partial charge in [-0.3, -0.25) is 10.2 Å². The molecule has 1 aliphatic heterocycles. The second-order valence-electron chi connectivity index (χ2n) is 11.9. The summed E-state index contributed by atoms with van der Waals surface area (Å²) in [5.41, 5.74) is 5.83. The maximum atomic E-state index is 13.3. The summed E-state index contributed by atoms with van der Waals surface area (Å²) < 4.78 is 7.21. The highest BCUT2D eigenvalue weighted by Gasteiger charge is 2.18. The number of nitrogens with zero attached hydrogens (tertiary/aromatic N) is 5. The van der Waals surface area contributed by atoms with Crippen LogP contribution in [0.25, 0.3) is 27.6 Å². The molecule has 0 saturated carbocycles. The van der Waals surface area contributed by atoms with Crippen LogP contribution in [0.1, 0.15) is 37.7 Å². The summed E-state index contributed by atoms with van der Waals surface area (Å²) in [6.07, 6.45) is 5.45. The van der Waals surface area contributed by atoms with Crippen molar-refractivity contribution in [2.45, 2.75) is 39.7 Å². The number of nitrogens with one attached hydrogen (secondary N) is 2. The minimum atomic E-state index is -0.347. The molecular formula is C34H37N7O2. The van der Waals surface area contributed by atoms with Gasteiger partial charge in [-0.2, -0.15) is 5.10 Å². The smallest absolute Gasteiger partial charge is 0.324 e. The predicted molar refractivity (Wildman–Crippen MR) is 171 cm³/mol. The first kappa shape index (κ1) is 28.5. The number of carbonyl (C=O) groups is 1. The van der Waals surface area contributed by atoms with E-state index in [0.29, 0.717) is 18.1 Å². The lowest BCUT2D eigenvalue weighted by molar-refractivity contribution is 0.0330. The molecule has 3 aromatic carbocycles. The molecule has 5 aromatic rings. The molecule has 220 valence electrons. The summed E-state index contributed by atoms with van der Waals surface area (Å²) in [6, 6.07) is 19.8. The highest BCUT2D eigenvalue weighted by Crippen LogP contribution is 2.33. The second kappa shape index (κ2) is 11.9. The number of aryl methyl sites for hydroxylation is 1. The Morgan fingerprint density at radius 3 is 2.42 bits per heavy atom. The van der Waals surface area contributed by atoms with E-state index in [1.54, 1.807) is 16.9 Å². The Morgan fingerprint density at radius 1 is 0.930 bits per heavy atom. The van der Waals surface area contributed by atoms with Crippen molar-refractivity contribution in [2.24, 2.45) is 0 Å². The Kier molecular flexibility index (Phi) is 7.92. The predicted octanol–water partition coefficient (Wildman–Crippen LogP) is 6.56. The van der Waals surface area contributed by atoms with Crippen LogP contribution in [0.4, 0.5) is 16.3 Å².